The van der Waals surface area contributed by atoms with Gasteiger partial charge in [0.1, 0.15) is 12.4 Å². The predicted molar refractivity (Wildman–Crippen MR) is 63.8 cm³/mol. The van der Waals surface area contributed by atoms with Gasteiger partial charge in [-0.15, -0.1) is 0 Å². The fraction of sp³-hybridized carbons (Fsp3) is 0.538. The van der Waals surface area contributed by atoms with E-state index in [0.29, 0.717) is 19.1 Å². The average molecular weight is 221 g/mol. The molecule has 1 aliphatic heterocycles. The summed E-state index contributed by atoms with van der Waals surface area (Å²) in [4.78, 5) is 0. The minimum atomic E-state index is 0.557. The van der Waals surface area contributed by atoms with Gasteiger partial charge in [0, 0.05) is 19.8 Å². The van der Waals surface area contributed by atoms with Gasteiger partial charge in [0.05, 0.1) is 0 Å². The Morgan fingerprint density at radius 1 is 1.31 bits per heavy atom. The van der Waals surface area contributed by atoms with E-state index >= 15 is 0 Å². The lowest BCUT2D eigenvalue weighted by molar-refractivity contribution is 0.0853. The van der Waals surface area contributed by atoms with Crippen LogP contribution in [-0.2, 0) is 4.74 Å². The first-order chi connectivity index (χ1) is 7.90. The minimum absolute atomic E-state index is 0.557. The Bertz CT molecular complexity index is 321. The van der Waals surface area contributed by atoms with Crippen LogP contribution in [0.4, 0.5) is 0 Å². The molecule has 1 fully saturated rings. The highest BCUT2D eigenvalue weighted by atomic mass is 16.5. The number of benzene rings is 1. The Hall–Kier alpha value is -1.06. The first kappa shape index (κ1) is 11.4. The van der Waals surface area contributed by atoms with Gasteiger partial charge in [-0.3, -0.25) is 0 Å². The van der Waals surface area contributed by atoms with Crippen LogP contribution in [0.15, 0.2) is 24.3 Å². The SMILES string of the molecule is NCCOc1cccc(C2CCOCC2)c1. The zero-order valence-corrected chi connectivity index (χ0v) is 9.52. The molecular formula is C13H19NO2. The van der Waals surface area contributed by atoms with E-state index in [4.69, 9.17) is 15.2 Å². The second kappa shape index (κ2) is 5.87. The first-order valence-electron chi connectivity index (χ1n) is 5.90. The molecule has 0 radical (unpaired) electrons. The van der Waals surface area contributed by atoms with E-state index in [0.717, 1.165) is 31.8 Å². The lowest BCUT2D eigenvalue weighted by atomic mass is 9.92. The van der Waals surface area contributed by atoms with Gasteiger partial charge >= 0.3 is 0 Å². The topological polar surface area (TPSA) is 44.5 Å². The van der Waals surface area contributed by atoms with Crippen LogP contribution in [0.2, 0.25) is 0 Å². The standard InChI is InChI=1S/C13H19NO2/c14-6-9-16-13-3-1-2-12(10-13)11-4-7-15-8-5-11/h1-3,10-11H,4-9,14H2. The van der Waals surface area contributed by atoms with E-state index in [2.05, 4.69) is 18.2 Å². The quantitative estimate of drug-likeness (QED) is 0.844. The highest BCUT2D eigenvalue weighted by Gasteiger charge is 2.15. The van der Waals surface area contributed by atoms with Crippen LogP contribution in [0.25, 0.3) is 0 Å². The van der Waals surface area contributed by atoms with Crippen LogP contribution >= 0.6 is 0 Å². The molecule has 88 valence electrons. The second-order valence-corrected chi connectivity index (χ2v) is 4.10. The van der Waals surface area contributed by atoms with Gasteiger partial charge in [0.2, 0.25) is 0 Å². The van der Waals surface area contributed by atoms with E-state index in [1.165, 1.54) is 5.56 Å². The lowest BCUT2D eigenvalue weighted by Crippen LogP contribution is -2.14. The maximum Gasteiger partial charge on any atom is 0.119 e. The van der Waals surface area contributed by atoms with Crippen LogP contribution in [-0.4, -0.2) is 26.4 Å². The Balaban J connectivity index is 2.02. The molecule has 0 amide bonds. The van der Waals surface area contributed by atoms with Crippen molar-refractivity contribution in [2.75, 3.05) is 26.4 Å². The third kappa shape index (κ3) is 2.97. The van der Waals surface area contributed by atoms with Gasteiger partial charge in [-0.2, -0.15) is 0 Å². The molecule has 0 atom stereocenters. The van der Waals surface area contributed by atoms with E-state index in [-0.39, 0.29) is 0 Å². The number of hydrogen-bond acceptors (Lipinski definition) is 3. The Kier molecular flexibility index (Phi) is 4.19. The molecule has 2 rings (SSSR count). The molecule has 1 heterocycles. The van der Waals surface area contributed by atoms with Gasteiger partial charge in [-0.05, 0) is 36.5 Å². The third-order valence-corrected chi connectivity index (χ3v) is 2.94. The maximum atomic E-state index is 5.53. The van der Waals surface area contributed by atoms with Crippen LogP contribution in [0.3, 0.4) is 0 Å². The maximum absolute atomic E-state index is 5.53. The van der Waals surface area contributed by atoms with Crippen molar-refractivity contribution in [2.24, 2.45) is 5.73 Å². The number of nitrogens with two attached hydrogens (primary N) is 1. The van der Waals surface area contributed by atoms with Crippen LogP contribution in [0, 0.1) is 0 Å². The molecule has 1 aromatic rings. The van der Waals surface area contributed by atoms with Crippen molar-refractivity contribution in [3.63, 3.8) is 0 Å². The molecule has 3 heteroatoms. The molecular weight excluding hydrogens is 202 g/mol. The van der Waals surface area contributed by atoms with Crippen LogP contribution < -0.4 is 10.5 Å². The third-order valence-electron chi connectivity index (χ3n) is 2.94. The van der Waals surface area contributed by atoms with E-state index < -0.39 is 0 Å². The highest BCUT2D eigenvalue weighted by molar-refractivity contribution is 5.31. The highest BCUT2D eigenvalue weighted by Crippen LogP contribution is 2.28. The molecule has 0 spiro atoms. The van der Waals surface area contributed by atoms with Gasteiger partial charge in [0.15, 0.2) is 0 Å². The zero-order chi connectivity index (χ0) is 11.2. The van der Waals surface area contributed by atoms with E-state index in [9.17, 15) is 0 Å². The van der Waals surface area contributed by atoms with Gasteiger partial charge in [-0.25, -0.2) is 0 Å². The van der Waals surface area contributed by atoms with Crippen LogP contribution in [0.1, 0.15) is 24.3 Å². The molecule has 0 aliphatic carbocycles. The Morgan fingerprint density at radius 2 is 2.12 bits per heavy atom. The summed E-state index contributed by atoms with van der Waals surface area (Å²) < 4.78 is 10.9. The molecule has 0 bridgehead atoms. The number of rotatable bonds is 4. The minimum Gasteiger partial charge on any atom is -0.492 e. The summed E-state index contributed by atoms with van der Waals surface area (Å²) in [5, 5.41) is 0. The van der Waals surface area contributed by atoms with Crippen molar-refractivity contribution in [2.45, 2.75) is 18.8 Å². The normalized spacial score (nSPS) is 17.3. The lowest BCUT2D eigenvalue weighted by Gasteiger charge is -2.22. The van der Waals surface area contributed by atoms with Gasteiger partial charge in [0.25, 0.3) is 0 Å². The summed E-state index contributed by atoms with van der Waals surface area (Å²) in [6, 6.07) is 8.34. The fourth-order valence-electron chi connectivity index (χ4n) is 2.07. The molecule has 1 aromatic carbocycles. The van der Waals surface area contributed by atoms with Crippen molar-refractivity contribution in [1.82, 2.24) is 0 Å². The second-order valence-electron chi connectivity index (χ2n) is 4.10. The van der Waals surface area contributed by atoms with Gasteiger partial charge < -0.3 is 15.2 Å². The molecule has 1 aliphatic rings. The largest absolute Gasteiger partial charge is 0.492 e. The summed E-state index contributed by atoms with van der Waals surface area (Å²) >= 11 is 0. The summed E-state index contributed by atoms with van der Waals surface area (Å²) in [6.07, 6.45) is 2.22. The van der Waals surface area contributed by atoms with Gasteiger partial charge in [-0.1, -0.05) is 12.1 Å². The van der Waals surface area contributed by atoms with Crippen molar-refractivity contribution < 1.29 is 9.47 Å². The van der Waals surface area contributed by atoms with E-state index in [1.807, 2.05) is 6.07 Å². The monoisotopic (exact) mass is 221 g/mol. The Labute approximate surface area is 96.5 Å². The molecule has 3 nitrogen and oxygen atoms in total. The summed E-state index contributed by atoms with van der Waals surface area (Å²) in [5.41, 5.74) is 6.77. The van der Waals surface area contributed by atoms with Crippen molar-refractivity contribution in [3.8, 4) is 5.75 Å². The molecule has 1 saturated heterocycles. The molecule has 0 aromatic heterocycles. The molecule has 0 saturated carbocycles. The number of ether oxygens (including phenoxy) is 2. The Morgan fingerprint density at radius 3 is 2.88 bits per heavy atom. The predicted octanol–water partition coefficient (Wildman–Crippen LogP) is 1.92. The van der Waals surface area contributed by atoms with E-state index in [1.54, 1.807) is 0 Å². The fourth-order valence-corrected chi connectivity index (χ4v) is 2.07. The summed E-state index contributed by atoms with van der Waals surface area (Å²) in [5.74, 6) is 1.55. The zero-order valence-electron chi connectivity index (χ0n) is 9.52. The summed E-state index contributed by atoms with van der Waals surface area (Å²) in [7, 11) is 0. The number of hydrogen-bond donors (Lipinski definition) is 1. The summed E-state index contributed by atoms with van der Waals surface area (Å²) in [6.45, 7) is 2.88. The molecule has 16 heavy (non-hydrogen) atoms. The van der Waals surface area contributed by atoms with Crippen molar-refractivity contribution in [3.05, 3.63) is 29.8 Å². The molecule has 2 N–H and O–H groups in total. The molecule has 0 unspecified atom stereocenters. The van der Waals surface area contributed by atoms with Crippen LogP contribution in [0.5, 0.6) is 5.75 Å². The smallest absolute Gasteiger partial charge is 0.119 e. The van der Waals surface area contributed by atoms with Crippen molar-refractivity contribution in [1.29, 1.82) is 0 Å². The first-order valence-corrected chi connectivity index (χ1v) is 5.90. The van der Waals surface area contributed by atoms with Crippen molar-refractivity contribution >= 4 is 0 Å². The average Bonchev–Trinajstić information content (AvgIpc) is 2.38.